The third kappa shape index (κ3) is 3.88. The standard InChI is InChI=1S/C10H16NS/c1-2-3-4-7-11-9-10-6-5-8-12-10/h5-6,8,11H,1-4,7,9H2. The van der Waals surface area contributed by atoms with Crippen molar-refractivity contribution in [2.24, 2.45) is 0 Å². The minimum absolute atomic E-state index is 1.02. The molecule has 1 radical (unpaired) electrons. The second-order valence-corrected chi connectivity index (χ2v) is 3.85. The van der Waals surface area contributed by atoms with Gasteiger partial charge in [0, 0.05) is 11.4 Å². The van der Waals surface area contributed by atoms with Crippen LogP contribution in [0.2, 0.25) is 0 Å². The molecule has 1 N–H and O–H groups in total. The second-order valence-electron chi connectivity index (χ2n) is 2.82. The third-order valence-electron chi connectivity index (χ3n) is 1.73. The first-order chi connectivity index (χ1) is 5.93. The number of unbranched alkanes of at least 4 members (excludes halogenated alkanes) is 2. The van der Waals surface area contributed by atoms with E-state index in [0.717, 1.165) is 19.5 Å². The fraction of sp³-hybridized carbons (Fsp3) is 0.500. The zero-order valence-corrected chi connectivity index (χ0v) is 8.20. The number of rotatable bonds is 6. The van der Waals surface area contributed by atoms with E-state index >= 15 is 0 Å². The Bertz CT molecular complexity index is 182. The number of hydrogen-bond acceptors (Lipinski definition) is 2. The van der Waals surface area contributed by atoms with Crippen LogP contribution in [0.3, 0.4) is 0 Å². The number of nitrogens with one attached hydrogen (secondary N) is 1. The molecule has 1 nitrogen and oxygen atoms in total. The molecule has 0 atom stereocenters. The zero-order valence-electron chi connectivity index (χ0n) is 7.38. The highest BCUT2D eigenvalue weighted by atomic mass is 32.1. The van der Waals surface area contributed by atoms with E-state index in [-0.39, 0.29) is 0 Å². The monoisotopic (exact) mass is 182 g/mol. The van der Waals surface area contributed by atoms with Crippen molar-refractivity contribution in [3.8, 4) is 0 Å². The number of hydrogen-bond donors (Lipinski definition) is 1. The summed E-state index contributed by atoms with van der Waals surface area (Å²) in [4.78, 5) is 1.42. The summed E-state index contributed by atoms with van der Waals surface area (Å²) in [5.41, 5.74) is 0. The predicted octanol–water partition coefficient (Wildman–Crippen LogP) is 2.84. The van der Waals surface area contributed by atoms with Gasteiger partial charge in [0.25, 0.3) is 0 Å². The molecule has 0 bridgehead atoms. The molecule has 0 saturated heterocycles. The topological polar surface area (TPSA) is 12.0 Å². The maximum atomic E-state index is 3.81. The Morgan fingerprint density at radius 2 is 2.33 bits per heavy atom. The maximum absolute atomic E-state index is 3.81. The van der Waals surface area contributed by atoms with Crippen LogP contribution in [0.1, 0.15) is 24.1 Å². The van der Waals surface area contributed by atoms with E-state index in [1.54, 1.807) is 0 Å². The molecule has 1 rings (SSSR count). The molecule has 0 unspecified atom stereocenters. The lowest BCUT2D eigenvalue weighted by Gasteiger charge is -2.00. The lowest BCUT2D eigenvalue weighted by atomic mass is 10.2. The van der Waals surface area contributed by atoms with Gasteiger partial charge in [-0.25, -0.2) is 0 Å². The van der Waals surface area contributed by atoms with Crippen LogP contribution in [-0.2, 0) is 6.54 Å². The van der Waals surface area contributed by atoms with Crippen molar-refractivity contribution in [3.63, 3.8) is 0 Å². The van der Waals surface area contributed by atoms with Crippen LogP contribution in [0.4, 0.5) is 0 Å². The molecule has 0 saturated carbocycles. The third-order valence-corrected chi connectivity index (χ3v) is 2.61. The Kier molecular flexibility index (Phi) is 5.04. The van der Waals surface area contributed by atoms with Gasteiger partial charge in [0.2, 0.25) is 0 Å². The Balaban J connectivity index is 1.96. The highest BCUT2D eigenvalue weighted by molar-refractivity contribution is 7.09. The molecule has 0 aromatic carbocycles. The van der Waals surface area contributed by atoms with E-state index in [9.17, 15) is 0 Å². The SMILES string of the molecule is [CH2]CCCCNCc1cccs1. The van der Waals surface area contributed by atoms with Gasteiger partial charge >= 0.3 is 0 Å². The van der Waals surface area contributed by atoms with Crippen molar-refractivity contribution in [3.05, 3.63) is 29.3 Å². The van der Waals surface area contributed by atoms with Crippen LogP contribution in [0.15, 0.2) is 17.5 Å². The first kappa shape index (κ1) is 9.75. The van der Waals surface area contributed by atoms with E-state index < -0.39 is 0 Å². The van der Waals surface area contributed by atoms with Crippen LogP contribution < -0.4 is 5.32 Å². The number of thiophene rings is 1. The van der Waals surface area contributed by atoms with Crippen LogP contribution in [0.5, 0.6) is 0 Å². The smallest absolute Gasteiger partial charge is 0.0299 e. The molecule has 1 aromatic rings. The summed E-state index contributed by atoms with van der Waals surface area (Å²) in [6.45, 7) is 5.95. The van der Waals surface area contributed by atoms with Gasteiger partial charge in [0.05, 0.1) is 0 Å². The Hall–Kier alpha value is -0.340. The summed E-state index contributed by atoms with van der Waals surface area (Å²) in [6.07, 6.45) is 3.53. The molecule has 0 aliphatic carbocycles. The lowest BCUT2D eigenvalue weighted by molar-refractivity contribution is 0.630. The molecule has 1 aromatic heterocycles. The fourth-order valence-electron chi connectivity index (χ4n) is 1.05. The van der Waals surface area contributed by atoms with Gasteiger partial charge in [-0.15, -0.1) is 11.3 Å². The maximum Gasteiger partial charge on any atom is 0.0299 e. The van der Waals surface area contributed by atoms with Crippen molar-refractivity contribution < 1.29 is 0 Å². The molecule has 0 aliphatic heterocycles. The fourth-order valence-corrected chi connectivity index (χ4v) is 1.73. The summed E-state index contributed by atoms with van der Waals surface area (Å²) in [6, 6.07) is 4.26. The summed E-state index contributed by atoms with van der Waals surface area (Å²) < 4.78 is 0. The summed E-state index contributed by atoms with van der Waals surface area (Å²) >= 11 is 1.81. The van der Waals surface area contributed by atoms with E-state index in [1.165, 1.54) is 17.7 Å². The van der Waals surface area contributed by atoms with Gasteiger partial charge in [-0.1, -0.05) is 25.8 Å². The van der Waals surface area contributed by atoms with Crippen molar-refractivity contribution in [2.45, 2.75) is 25.8 Å². The lowest BCUT2D eigenvalue weighted by Crippen LogP contribution is -2.13. The molecule has 12 heavy (non-hydrogen) atoms. The van der Waals surface area contributed by atoms with Gasteiger partial charge in [-0.2, -0.15) is 0 Å². The van der Waals surface area contributed by atoms with Gasteiger partial charge in [-0.05, 0) is 24.4 Å². The Morgan fingerprint density at radius 3 is 3.00 bits per heavy atom. The molecular weight excluding hydrogens is 166 g/mol. The highest BCUT2D eigenvalue weighted by Gasteiger charge is 1.91. The van der Waals surface area contributed by atoms with Gasteiger partial charge in [0.1, 0.15) is 0 Å². The van der Waals surface area contributed by atoms with Crippen LogP contribution in [0.25, 0.3) is 0 Å². The van der Waals surface area contributed by atoms with Crippen molar-refractivity contribution in [1.29, 1.82) is 0 Å². The van der Waals surface area contributed by atoms with Crippen molar-refractivity contribution in [2.75, 3.05) is 6.54 Å². The van der Waals surface area contributed by atoms with Gasteiger partial charge in [0.15, 0.2) is 0 Å². The molecule has 1 heterocycles. The van der Waals surface area contributed by atoms with Crippen molar-refractivity contribution in [1.82, 2.24) is 5.32 Å². The average molecular weight is 182 g/mol. The molecule has 0 amide bonds. The molecule has 2 heteroatoms. The predicted molar refractivity (Wildman–Crippen MR) is 55.2 cm³/mol. The van der Waals surface area contributed by atoms with Crippen LogP contribution in [0, 0.1) is 6.92 Å². The summed E-state index contributed by atoms with van der Waals surface area (Å²) in [5, 5.41) is 5.52. The second kappa shape index (κ2) is 6.21. The molecule has 67 valence electrons. The molecular formula is C10H16NS. The first-order valence-corrected chi connectivity index (χ1v) is 5.34. The van der Waals surface area contributed by atoms with Crippen LogP contribution >= 0.6 is 11.3 Å². The normalized spacial score (nSPS) is 10.4. The summed E-state index contributed by atoms with van der Waals surface area (Å²) in [5.74, 6) is 0. The first-order valence-electron chi connectivity index (χ1n) is 4.46. The van der Waals surface area contributed by atoms with Crippen LogP contribution in [-0.4, -0.2) is 6.54 Å². The van der Waals surface area contributed by atoms with E-state index in [0.29, 0.717) is 0 Å². The molecule has 0 aliphatic rings. The Morgan fingerprint density at radius 1 is 1.42 bits per heavy atom. The summed E-state index contributed by atoms with van der Waals surface area (Å²) in [7, 11) is 0. The Labute approximate surface area is 78.8 Å². The quantitative estimate of drug-likeness (QED) is 0.667. The van der Waals surface area contributed by atoms with E-state index in [1.807, 2.05) is 11.3 Å². The van der Waals surface area contributed by atoms with E-state index in [2.05, 4.69) is 29.8 Å². The minimum Gasteiger partial charge on any atom is -0.312 e. The van der Waals surface area contributed by atoms with Crippen molar-refractivity contribution >= 4 is 11.3 Å². The van der Waals surface area contributed by atoms with Gasteiger partial charge in [-0.3, -0.25) is 0 Å². The van der Waals surface area contributed by atoms with Gasteiger partial charge < -0.3 is 5.32 Å². The highest BCUT2D eigenvalue weighted by Crippen LogP contribution is 2.07. The van der Waals surface area contributed by atoms with E-state index in [4.69, 9.17) is 0 Å². The molecule has 0 spiro atoms. The molecule has 0 fully saturated rings. The largest absolute Gasteiger partial charge is 0.312 e. The average Bonchev–Trinajstić information content (AvgIpc) is 2.57. The minimum atomic E-state index is 1.02. The zero-order chi connectivity index (χ0) is 8.65.